The summed E-state index contributed by atoms with van der Waals surface area (Å²) < 4.78 is 10.1. The molecule has 1 aliphatic rings. The zero-order valence-electron chi connectivity index (χ0n) is 23.0. The normalized spacial score (nSPS) is 14.2. The molecule has 0 spiro atoms. The van der Waals surface area contributed by atoms with Crippen molar-refractivity contribution in [2.24, 2.45) is 0 Å². The van der Waals surface area contributed by atoms with Crippen molar-refractivity contribution < 1.29 is 4.74 Å². The number of anilines is 3. The number of ether oxygens (including phenoxy) is 1. The maximum Gasteiger partial charge on any atom is 0.278 e. The molecule has 1 aliphatic heterocycles. The minimum absolute atomic E-state index is 0.172. The topological polar surface area (TPSA) is 115 Å². The Kier molecular flexibility index (Phi) is 7.63. The minimum atomic E-state index is -0.299. The van der Waals surface area contributed by atoms with Gasteiger partial charge in [0.15, 0.2) is 11.5 Å². The molecule has 4 aromatic rings. The van der Waals surface area contributed by atoms with Crippen LogP contribution in [0.15, 0.2) is 52.7 Å². The number of piperazine rings is 1. The highest BCUT2D eigenvalue weighted by molar-refractivity contribution is 6.34. The Morgan fingerprint density at radius 1 is 1.18 bits per heavy atom. The molecule has 0 atom stereocenters. The van der Waals surface area contributed by atoms with Crippen molar-refractivity contribution in [1.82, 2.24) is 34.0 Å². The number of hydrogen-bond donors (Lipinski definition) is 1. The fraction of sp³-hybridized carbons (Fsp3) is 0.370. The molecule has 0 saturated carbocycles. The lowest BCUT2D eigenvalue weighted by Crippen LogP contribution is -2.44. The first-order valence-electron chi connectivity index (χ1n) is 13.0. The molecular weight excluding hydrogens is 534 g/mol. The molecule has 1 N–H and O–H groups in total. The van der Waals surface area contributed by atoms with Gasteiger partial charge in [-0.1, -0.05) is 17.7 Å². The van der Waals surface area contributed by atoms with Crippen molar-refractivity contribution in [1.29, 1.82) is 0 Å². The van der Waals surface area contributed by atoms with Crippen LogP contribution in [0.5, 0.6) is 5.75 Å². The summed E-state index contributed by atoms with van der Waals surface area (Å²) in [7, 11) is 3.71. The smallest absolute Gasteiger partial charge is 0.278 e. The van der Waals surface area contributed by atoms with Crippen molar-refractivity contribution in [2.45, 2.75) is 26.4 Å². The van der Waals surface area contributed by atoms with Crippen LogP contribution in [0.1, 0.15) is 19.9 Å². The van der Waals surface area contributed by atoms with Gasteiger partial charge in [0.2, 0.25) is 5.95 Å². The lowest BCUT2D eigenvalue weighted by atomic mass is 10.2. The van der Waals surface area contributed by atoms with E-state index in [0.29, 0.717) is 33.3 Å². The summed E-state index contributed by atoms with van der Waals surface area (Å²) in [4.78, 5) is 39.2. The molecule has 13 heteroatoms. The van der Waals surface area contributed by atoms with Gasteiger partial charge in [-0.15, -0.1) is 11.7 Å². The molecule has 5 rings (SSSR count). The Labute approximate surface area is 236 Å². The number of nitrogens with one attached hydrogen (secondary N) is 1. The molecule has 0 aliphatic carbocycles. The van der Waals surface area contributed by atoms with Crippen LogP contribution in [0.25, 0.3) is 16.9 Å². The van der Waals surface area contributed by atoms with E-state index >= 15 is 0 Å². The number of aromatic nitrogens is 6. The minimum Gasteiger partial charge on any atom is -0.494 e. The summed E-state index contributed by atoms with van der Waals surface area (Å²) >= 11 is 6.75. The largest absolute Gasteiger partial charge is 0.494 e. The number of fused-ring (bicyclic) bond motifs is 1. The molecule has 1 aromatic carbocycles. The fourth-order valence-corrected chi connectivity index (χ4v) is 5.10. The van der Waals surface area contributed by atoms with Crippen molar-refractivity contribution in [3.8, 4) is 11.6 Å². The zero-order chi connectivity index (χ0) is 28.6. The molecule has 1 fully saturated rings. The van der Waals surface area contributed by atoms with Crippen LogP contribution < -0.4 is 26.1 Å². The van der Waals surface area contributed by atoms with Gasteiger partial charge in [-0.25, -0.2) is 19.0 Å². The summed E-state index contributed by atoms with van der Waals surface area (Å²) in [5.74, 6) is 1.25. The number of nitrogens with zero attached hydrogens (tertiary/aromatic N) is 8. The van der Waals surface area contributed by atoms with E-state index in [1.165, 1.54) is 21.6 Å². The van der Waals surface area contributed by atoms with E-state index in [-0.39, 0.29) is 29.7 Å². The molecular formula is C27H32ClN9O3. The summed E-state index contributed by atoms with van der Waals surface area (Å²) in [6.07, 6.45) is 3.08. The van der Waals surface area contributed by atoms with Crippen LogP contribution in [-0.4, -0.2) is 74.3 Å². The van der Waals surface area contributed by atoms with Gasteiger partial charge < -0.3 is 19.9 Å². The summed E-state index contributed by atoms with van der Waals surface area (Å²) in [5, 5.41) is 8.55. The van der Waals surface area contributed by atoms with Crippen LogP contribution in [0.2, 0.25) is 5.02 Å². The molecule has 0 radical (unpaired) electrons. The van der Waals surface area contributed by atoms with E-state index < -0.39 is 0 Å². The number of rotatable bonds is 8. The second kappa shape index (κ2) is 11.1. The Hall–Kier alpha value is -4.16. The van der Waals surface area contributed by atoms with Crippen LogP contribution in [0.3, 0.4) is 0 Å². The van der Waals surface area contributed by atoms with Gasteiger partial charge in [-0.2, -0.15) is 4.98 Å². The van der Waals surface area contributed by atoms with Crippen LogP contribution >= 0.6 is 11.6 Å². The average Bonchev–Trinajstić information content (AvgIpc) is 3.20. The number of methoxy groups -OCH3 is 1. The Balaban J connectivity index is 1.57. The van der Waals surface area contributed by atoms with Crippen LogP contribution in [0, 0.1) is 0 Å². The van der Waals surface area contributed by atoms with Crippen molar-refractivity contribution in [3.63, 3.8) is 0 Å². The monoisotopic (exact) mass is 565 g/mol. The van der Waals surface area contributed by atoms with E-state index in [4.69, 9.17) is 16.3 Å². The second-order valence-corrected chi connectivity index (χ2v) is 10.3. The lowest BCUT2D eigenvalue weighted by molar-refractivity contribution is 0.311. The Bertz CT molecular complexity index is 1680. The number of benzene rings is 1. The molecule has 210 valence electrons. The van der Waals surface area contributed by atoms with Gasteiger partial charge in [0.1, 0.15) is 11.1 Å². The van der Waals surface area contributed by atoms with Gasteiger partial charge in [0, 0.05) is 50.2 Å². The van der Waals surface area contributed by atoms with Gasteiger partial charge >= 0.3 is 0 Å². The highest BCUT2D eigenvalue weighted by atomic mass is 35.5. The number of hydrogen-bond acceptors (Lipinski definition) is 9. The van der Waals surface area contributed by atoms with E-state index in [1.807, 2.05) is 19.9 Å². The third kappa shape index (κ3) is 5.07. The molecule has 3 aromatic heterocycles. The predicted octanol–water partition coefficient (Wildman–Crippen LogP) is 3.06. The SMILES string of the molecule is C=CCn1c(=O)c2cnc(Nc3cc(Cl)c(N4CCN(C)CC4)c(OC)c3)nc2n1-c1ccc(=O)n(C(C)C)n1. The second-order valence-electron chi connectivity index (χ2n) is 9.91. The number of likely N-dealkylation sites (N-methyl/N-ethyl adjacent to an activating group) is 1. The van der Waals surface area contributed by atoms with Gasteiger partial charge in [-0.05, 0) is 33.0 Å². The third-order valence-electron chi connectivity index (χ3n) is 6.82. The van der Waals surface area contributed by atoms with E-state index in [1.54, 1.807) is 30.0 Å². The number of allylic oxidation sites excluding steroid dienone is 1. The summed E-state index contributed by atoms with van der Waals surface area (Å²) in [6.45, 7) is 11.3. The summed E-state index contributed by atoms with van der Waals surface area (Å²) in [6, 6.07) is 6.48. The summed E-state index contributed by atoms with van der Waals surface area (Å²) in [5.41, 5.74) is 1.27. The van der Waals surface area contributed by atoms with Crippen LogP contribution in [-0.2, 0) is 6.54 Å². The predicted molar refractivity (Wildman–Crippen MR) is 157 cm³/mol. The number of halogens is 1. The van der Waals surface area contributed by atoms with E-state index in [0.717, 1.165) is 31.9 Å². The maximum absolute atomic E-state index is 13.3. The van der Waals surface area contributed by atoms with Crippen molar-refractivity contribution in [2.75, 3.05) is 50.6 Å². The van der Waals surface area contributed by atoms with Crippen molar-refractivity contribution in [3.05, 3.63) is 68.8 Å². The van der Waals surface area contributed by atoms with E-state index in [2.05, 4.69) is 43.8 Å². The highest BCUT2D eigenvalue weighted by Gasteiger charge is 2.22. The molecule has 40 heavy (non-hydrogen) atoms. The average molecular weight is 566 g/mol. The zero-order valence-corrected chi connectivity index (χ0v) is 23.7. The Morgan fingerprint density at radius 3 is 2.60 bits per heavy atom. The van der Waals surface area contributed by atoms with Gasteiger partial charge in [0.25, 0.3) is 11.1 Å². The first-order valence-corrected chi connectivity index (χ1v) is 13.4. The molecule has 0 bridgehead atoms. The highest BCUT2D eigenvalue weighted by Crippen LogP contribution is 2.39. The molecule has 4 heterocycles. The first-order chi connectivity index (χ1) is 19.2. The third-order valence-corrected chi connectivity index (χ3v) is 7.11. The van der Waals surface area contributed by atoms with Gasteiger partial charge in [0.05, 0.1) is 30.4 Å². The maximum atomic E-state index is 13.3. The standard InChI is InChI=1S/C27H32ClN9O3/c1-6-9-35-26(39)19-16-29-27(31-25(19)37(35)22-7-8-23(38)36(32-22)17(2)3)30-18-14-20(28)24(21(15-18)40-5)34-12-10-33(4)11-13-34/h6-8,14-17H,1,9-13H2,2-5H3,(H,29,30,31). The first kappa shape index (κ1) is 27.4. The van der Waals surface area contributed by atoms with Crippen molar-refractivity contribution >= 4 is 40.0 Å². The fourth-order valence-electron chi connectivity index (χ4n) is 4.77. The molecule has 0 amide bonds. The van der Waals surface area contributed by atoms with Crippen LogP contribution in [0.4, 0.5) is 17.3 Å². The quantitative estimate of drug-likeness (QED) is 0.322. The lowest BCUT2D eigenvalue weighted by Gasteiger charge is -2.35. The molecule has 0 unspecified atom stereocenters. The van der Waals surface area contributed by atoms with E-state index in [9.17, 15) is 9.59 Å². The Morgan fingerprint density at radius 2 is 1.93 bits per heavy atom. The molecule has 12 nitrogen and oxygen atoms in total. The molecule has 1 saturated heterocycles. The van der Waals surface area contributed by atoms with Gasteiger partial charge in [-0.3, -0.25) is 9.59 Å².